The van der Waals surface area contributed by atoms with Gasteiger partial charge < -0.3 is 15.2 Å². The van der Waals surface area contributed by atoms with Crippen molar-refractivity contribution in [3.63, 3.8) is 0 Å². The van der Waals surface area contributed by atoms with Crippen LogP contribution >= 0.6 is 11.3 Å². The Hall–Kier alpha value is -1.85. The monoisotopic (exact) mass is 387 g/mol. The van der Waals surface area contributed by atoms with Crippen LogP contribution in [0.3, 0.4) is 0 Å². The number of thiophene rings is 1. The maximum Gasteiger partial charge on any atom is 0.224 e. The van der Waals surface area contributed by atoms with Crippen molar-refractivity contribution < 1.29 is 14.6 Å². The molecular formula is C22H29NO3S. The molecule has 3 rings (SSSR count). The Balaban J connectivity index is 1.53. The normalized spacial score (nSPS) is 19.7. The van der Waals surface area contributed by atoms with Crippen LogP contribution in [-0.4, -0.2) is 24.2 Å². The van der Waals surface area contributed by atoms with E-state index < -0.39 is 0 Å². The fourth-order valence-corrected chi connectivity index (χ4v) is 4.26. The van der Waals surface area contributed by atoms with Gasteiger partial charge in [-0.3, -0.25) is 4.79 Å². The van der Waals surface area contributed by atoms with Crippen molar-refractivity contribution in [1.82, 2.24) is 5.32 Å². The Morgan fingerprint density at radius 1 is 1.26 bits per heavy atom. The van der Waals surface area contributed by atoms with E-state index in [2.05, 4.69) is 25.2 Å². The topological polar surface area (TPSA) is 58.6 Å². The number of ether oxygens (including phenoxy) is 1. The summed E-state index contributed by atoms with van der Waals surface area (Å²) < 4.78 is 5.85. The average molecular weight is 388 g/mol. The van der Waals surface area contributed by atoms with E-state index >= 15 is 0 Å². The van der Waals surface area contributed by atoms with Gasteiger partial charge in [0.1, 0.15) is 5.75 Å². The van der Waals surface area contributed by atoms with Gasteiger partial charge in [0.25, 0.3) is 0 Å². The number of benzene rings is 1. The molecule has 1 heterocycles. The van der Waals surface area contributed by atoms with Crippen molar-refractivity contribution in [1.29, 1.82) is 0 Å². The lowest BCUT2D eigenvalue weighted by atomic mass is 10.1. The van der Waals surface area contributed by atoms with E-state index in [0.717, 1.165) is 37.2 Å². The van der Waals surface area contributed by atoms with E-state index in [-0.39, 0.29) is 24.5 Å². The zero-order chi connectivity index (χ0) is 19.2. The number of carbonyl (C=O) groups excluding carboxylic acids is 1. The smallest absolute Gasteiger partial charge is 0.224 e. The predicted octanol–water partition coefficient (Wildman–Crippen LogP) is 4.52. The van der Waals surface area contributed by atoms with Crippen LogP contribution < -0.4 is 10.1 Å². The Kier molecular flexibility index (Phi) is 6.91. The van der Waals surface area contributed by atoms with Gasteiger partial charge >= 0.3 is 0 Å². The molecule has 0 saturated heterocycles. The molecule has 1 saturated carbocycles. The summed E-state index contributed by atoms with van der Waals surface area (Å²) >= 11 is 1.70. The van der Waals surface area contributed by atoms with Crippen LogP contribution in [0.5, 0.6) is 5.75 Å². The van der Waals surface area contributed by atoms with Crippen molar-refractivity contribution in [2.45, 2.75) is 45.1 Å². The van der Waals surface area contributed by atoms with Crippen molar-refractivity contribution in [2.24, 2.45) is 11.8 Å². The Labute approximate surface area is 165 Å². The summed E-state index contributed by atoms with van der Waals surface area (Å²) in [5, 5.41) is 14.8. The molecule has 1 fully saturated rings. The standard InChI is InChI=1S/C22H29NO3S/c1-3-15(4-2)14-26-17-9-7-16(8-10-17)20(13-24)23-22(25)19-12-18(19)21-6-5-11-27-21/h5-11,15,18-20,24H,3-4,12-14H2,1-2H3,(H,23,25)/t18-,19-,20-/m0/s1. The molecule has 0 radical (unpaired) electrons. The summed E-state index contributed by atoms with van der Waals surface area (Å²) in [5.41, 5.74) is 0.897. The summed E-state index contributed by atoms with van der Waals surface area (Å²) in [4.78, 5) is 13.8. The number of amides is 1. The number of hydrogen-bond acceptors (Lipinski definition) is 4. The Morgan fingerprint density at radius 3 is 2.59 bits per heavy atom. The fourth-order valence-electron chi connectivity index (χ4n) is 3.35. The molecule has 3 atom stereocenters. The van der Waals surface area contributed by atoms with Gasteiger partial charge in [-0.2, -0.15) is 0 Å². The van der Waals surface area contributed by atoms with Gasteiger partial charge in [-0.25, -0.2) is 0 Å². The first-order chi connectivity index (χ1) is 13.2. The van der Waals surface area contributed by atoms with Gasteiger partial charge in [0.05, 0.1) is 19.3 Å². The molecule has 27 heavy (non-hydrogen) atoms. The van der Waals surface area contributed by atoms with Gasteiger partial charge in [-0.1, -0.05) is 44.9 Å². The van der Waals surface area contributed by atoms with E-state index in [9.17, 15) is 9.90 Å². The van der Waals surface area contributed by atoms with Gasteiger partial charge in [0.15, 0.2) is 0 Å². The molecule has 1 aromatic heterocycles. The lowest BCUT2D eigenvalue weighted by Crippen LogP contribution is -2.32. The molecule has 1 aromatic carbocycles. The molecule has 1 amide bonds. The highest BCUT2D eigenvalue weighted by molar-refractivity contribution is 7.10. The number of nitrogens with one attached hydrogen (secondary N) is 1. The quantitative estimate of drug-likeness (QED) is 0.630. The number of aliphatic hydroxyl groups is 1. The third-order valence-electron chi connectivity index (χ3n) is 5.46. The maximum atomic E-state index is 12.5. The molecule has 1 aliphatic carbocycles. The molecule has 1 aliphatic rings. The van der Waals surface area contributed by atoms with E-state index in [1.165, 1.54) is 4.88 Å². The third kappa shape index (κ3) is 5.11. The summed E-state index contributed by atoms with van der Waals surface area (Å²) in [7, 11) is 0. The molecule has 2 aromatic rings. The van der Waals surface area contributed by atoms with Crippen LogP contribution in [0.4, 0.5) is 0 Å². The van der Waals surface area contributed by atoms with Crippen LogP contribution in [-0.2, 0) is 4.79 Å². The van der Waals surface area contributed by atoms with E-state index in [4.69, 9.17) is 4.74 Å². The van der Waals surface area contributed by atoms with Crippen molar-refractivity contribution in [3.8, 4) is 5.75 Å². The van der Waals surface area contributed by atoms with E-state index in [1.54, 1.807) is 11.3 Å². The minimum Gasteiger partial charge on any atom is -0.493 e. The second-order valence-corrected chi connectivity index (χ2v) is 8.25. The SMILES string of the molecule is CCC(CC)COc1ccc([C@H](CO)NC(=O)[C@H]2C[C@@H]2c2cccs2)cc1. The summed E-state index contributed by atoms with van der Waals surface area (Å²) in [5.74, 6) is 1.80. The number of aliphatic hydroxyl groups excluding tert-OH is 1. The highest BCUT2D eigenvalue weighted by Crippen LogP contribution is 2.49. The minimum atomic E-state index is -0.379. The molecule has 5 heteroatoms. The average Bonchev–Trinajstić information content (AvgIpc) is 3.32. The Bertz CT molecular complexity index is 710. The van der Waals surface area contributed by atoms with E-state index in [1.807, 2.05) is 35.7 Å². The molecule has 4 nitrogen and oxygen atoms in total. The van der Waals surface area contributed by atoms with Crippen molar-refractivity contribution in [2.75, 3.05) is 13.2 Å². The summed E-state index contributed by atoms with van der Waals surface area (Å²) in [6, 6.07) is 11.4. The number of hydrogen-bond donors (Lipinski definition) is 2. The minimum absolute atomic E-state index is 0.0281. The van der Waals surface area contributed by atoms with E-state index in [0.29, 0.717) is 11.8 Å². The maximum absolute atomic E-state index is 12.5. The van der Waals surface area contributed by atoms with Gasteiger partial charge in [-0.05, 0) is 41.5 Å². The van der Waals surface area contributed by atoms with Crippen molar-refractivity contribution in [3.05, 3.63) is 52.2 Å². The van der Waals surface area contributed by atoms with Crippen LogP contribution in [0.1, 0.15) is 55.5 Å². The molecule has 2 N–H and O–H groups in total. The van der Waals surface area contributed by atoms with Crippen molar-refractivity contribution >= 4 is 17.2 Å². The fraction of sp³-hybridized carbons (Fsp3) is 0.500. The van der Waals surface area contributed by atoms with Gasteiger partial charge in [0, 0.05) is 16.7 Å². The van der Waals surface area contributed by atoms with Crippen LogP contribution in [0.25, 0.3) is 0 Å². The second-order valence-electron chi connectivity index (χ2n) is 7.27. The first-order valence-corrected chi connectivity index (χ1v) is 10.7. The molecule has 0 aliphatic heterocycles. The molecule has 0 unspecified atom stereocenters. The summed E-state index contributed by atoms with van der Waals surface area (Å²) in [6.07, 6.45) is 3.12. The third-order valence-corrected chi connectivity index (χ3v) is 6.46. The summed E-state index contributed by atoms with van der Waals surface area (Å²) in [6.45, 7) is 4.96. The highest BCUT2D eigenvalue weighted by atomic mass is 32.1. The number of rotatable bonds is 10. The first-order valence-electron chi connectivity index (χ1n) is 9.83. The Morgan fingerprint density at radius 2 is 2.00 bits per heavy atom. The largest absolute Gasteiger partial charge is 0.493 e. The van der Waals surface area contributed by atoms with Crippen LogP contribution in [0, 0.1) is 11.8 Å². The highest BCUT2D eigenvalue weighted by Gasteiger charge is 2.45. The predicted molar refractivity (Wildman–Crippen MR) is 109 cm³/mol. The molecule has 0 spiro atoms. The molecular weight excluding hydrogens is 358 g/mol. The van der Waals surface area contributed by atoms with Gasteiger partial charge in [-0.15, -0.1) is 11.3 Å². The van der Waals surface area contributed by atoms with Crippen LogP contribution in [0.15, 0.2) is 41.8 Å². The first kappa shape index (κ1) is 19.9. The lowest BCUT2D eigenvalue weighted by Gasteiger charge is -2.18. The zero-order valence-corrected chi connectivity index (χ0v) is 16.9. The second kappa shape index (κ2) is 9.38. The molecule has 0 bridgehead atoms. The zero-order valence-electron chi connectivity index (χ0n) is 16.1. The number of carbonyl (C=O) groups is 1. The van der Waals surface area contributed by atoms with Crippen LogP contribution in [0.2, 0.25) is 0 Å². The van der Waals surface area contributed by atoms with Gasteiger partial charge in [0.2, 0.25) is 5.91 Å². The molecule has 146 valence electrons. The lowest BCUT2D eigenvalue weighted by molar-refractivity contribution is -0.123.